The monoisotopic (exact) mass is 475 g/mol. The maximum Gasteiger partial charge on any atom is 0.295 e. The predicted octanol–water partition coefficient (Wildman–Crippen LogP) is 5.70. The van der Waals surface area contributed by atoms with Crippen LogP contribution in [0.25, 0.3) is 11.0 Å². The van der Waals surface area contributed by atoms with Crippen LogP contribution in [0.15, 0.2) is 86.5 Å². The van der Waals surface area contributed by atoms with Gasteiger partial charge in [-0.05, 0) is 55.0 Å². The van der Waals surface area contributed by atoms with Crippen molar-refractivity contribution in [2.75, 3.05) is 11.5 Å². The fraction of sp³-hybridized carbons (Fsp3) is 0.120. The van der Waals surface area contributed by atoms with Gasteiger partial charge in [-0.15, -0.1) is 0 Å². The molecule has 0 spiro atoms. The van der Waals surface area contributed by atoms with Crippen molar-refractivity contribution in [1.29, 1.82) is 0 Å². The first kappa shape index (κ1) is 19.6. The molecule has 0 aliphatic carbocycles. The number of fused-ring (bicyclic) bond motifs is 2. The smallest absolute Gasteiger partial charge is 0.295 e. The lowest BCUT2D eigenvalue weighted by Crippen LogP contribution is -2.29. The number of carbonyl (C=O) groups is 1. The van der Waals surface area contributed by atoms with Crippen molar-refractivity contribution < 1.29 is 13.9 Å². The number of para-hydroxylation sites is 1. The lowest BCUT2D eigenvalue weighted by atomic mass is 9.98. The first-order valence-corrected chi connectivity index (χ1v) is 10.8. The molecule has 1 aromatic heterocycles. The van der Waals surface area contributed by atoms with Crippen LogP contribution >= 0.6 is 15.9 Å². The maximum atomic E-state index is 13.5. The van der Waals surface area contributed by atoms with Crippen LogP contribution in [0.5, 0.6) is 5.75 Å². The minimum Gasteiger partial charge on any atom is -0.494 e. The highest BCUT2D eigenvalue weighted by atomic mass is 79.9. The van der Waals surface area contributed by atoms with Gasteiger partial charge >= 0.3 is 0 Å². The summed E-state index contributed by atoms with van der Waals surface area (Å²) in [5, 5.41) is 0.455. The first-order valence-electron chi connectivity index (χ1n) is 9.96. The molecule has 0 bridgehead atoms. The summed E-state index contributed by atoms with van der Waals surface area (Å²) >= 11 is 3.48. The number of carbonyl (C=O) groups excluding carboxylic acids is 1. The molecule has 1 aliphatic heterocycles. The Morgan fingerprint density at radius 3 is 2.61 bits per heavy atom. The summed E-state index contributed by atoms with van der Waals surface area (Å²) < 4.78 is 12.5. The van der Waals surface area contributed by atoms with Crippen molar-refractivity contribution >= 4 is 38.5 Å². The molecule has 1 unspecified atom stereocenters. The van der Waals surface area contributed by atoms with Gasteiger partial charge in [0.15, 0.2) is 5.43 Å². The molecule has 0 saturated carbocycles. The van der Waals surface area contributed by atoms with Gasteiger partial charge < -0.3 is 9.15 Å². The SMILES string of the molecule is CCOc1cccc(C2c3c(oc4ccccc4c3=O)C(=O)N2c2cccc(Br)c2)c1. The lowest BCUT2D eigenvalue weighted by molar-refractivity contribution is 0.0971. The standard InChI is InChI=1S/C25H18BrNO4/c1-2-30-18-10-5-7-15(13-18)22-21-23(28)19-11-3-4-12-20(19)31-24(21)25(29)27(22)17-9-6-8-16(26)14-17/h3-14,22H,2H2,1H3. The molecule has 1 aliphatic rings. The second-order valence-corrected chi connectivity index (χ2v) is 8.15. The van der Waals surface area contributed by atoms with Crippen molar-refractivity contribution in [3.63, 3.8) is 0 Å². The molecular weight excluding hydrogens is 458 g/mol. The Hall–Kier alpha value is -3.38. The molecule has 6 heteroatoms. The van der Waals surface area contributed by atoms with Crippen LogP contribution in [-0.4, -0.2) is 12.5 Å². The summed E-state index contributed by atoms with van der Waals surface area (Å²) in [5.74, 6) is 0.415. The van der Waals surface area contributed by atoms with E-state index in [1.807, 2.05) is 55.5 Å². The summed E-state index contributed by atoms with van der Waals surface area (Å²) in [6, 6.07) is 21.3. The van der Waals surface area contributed by atoms with E-state index in [1.165, 1.54) is 0 Å². The number of amides is 1. The zero-order chi connectivity index (χ0) is 21.5. The average Bonchev–Trinajstić information content (AvgIpc) is 3.07. The normalized spacial score (nSPS) is 15.4. The summed E-state index contributed by atoms with van der Waals surface area (Å²) in [6.45, 7) is 2.43. The van der Waals surface area contributed by atoms with Gasteiger partial charge in [0.1, 0.15) is 11.3 Å². The van der Waals surface area contributed by atoms with E-state index < -0.39 is 6.04 Å². The molecule has 0 N–H and O–H groups in total. The minimum atomic E-state index is -0.627. The Morgan fingerprint density at radius 1 is 1.00 bits per heavy atom. The van der Waals surface area contributed by atoms with Gasteiger partial charge in [-0.2, -0.15) is 0 Å². The number of ether oxygens (including phenoxy) is 1. The third kappa shape index (κ3) is 3.24. The van der Waals surface area contributed by atoms with Crippen molar-refractivity contribution in [3.05, 3.63) is 104 Å². The summed E-state index contributed by atoms with van der Waals surface area (Å²) in [4.78, 5) is 28.7. The van der Waals surface area contributed by atoms with E-state index in [-0.39, 0.29) is 17.1 Å². The molecule has 0 saturated heterocycles. The number of halogens is 1. The highest BCUT2D eigenvalue weighted by Gasteiger charge is 2.43. The van der Waals surface area contributed by atoms with Crippen LogP contribution in [0.4, 0.5) is 5.69 Å². The number of benzene rings is 3. The lowest BCUT2D eigenvalue weighted by Gasteiger charge is -2.25. The molecule has 2 heterocycles. The number of hydrogen-bond donors (Lipinski definition) is 0. The van der Waals surface area contributed by atoms with Gasteiger partial charge in [-0.1, -0.05) is 46.3 Å². The van der Waals surface area contributed by atoms with Gasteiger partial charge in [-0.25, -0.2) is 0 Å². The molecule has 3 aromatic carbocycles. The van der Waals surface area contributed by atoms with Gasteiger partial charge in [0, 0.05) is 10.2 Å². The van der Waals surface area contributed by atoms with E-state index in [4.69, 9.17) is 9.15 Å². The Labute approximate surface area is 187 Å². The van der Waals surface area contributed by atoms with Gasteiger partial charge in [-0.3, -0.25) is 14.5 Å². The van der Waals surface area contributed by atoms with Crippen molar-refractivity contribution in [1.82, 2.24) is 0 Å². The van der Waals surface area contributed by atoms with Crippen LogP contribution < -0.4 is 15.1 Å². The molecule has 4 aromatic rings. The third-order valence-corrected chi connectivity index (χ3v) is 5.84. The summed E-state index contributed by atoms with van der Waals surface area (Å²) in [6.07, 6.45) is 0. The Balaban J connectivity index is 1.80. The Morgan fingerprint density at radius 2 is 1.81 bits per heavy atom. The maximum absolute atomic E-state index is 13.5. The van der Waals surface area contributed by atoms with E-state index in [0.29, 0.717) is 34.6 Å². The van der Waals surface area contributed by atoms with Gasteiger partial charge in [0.2, 0.25) is 5.76 Å². The van der Waals surface area contributed by atoms with Crippen LogP contribution in [-0.2, 0) is 0 Å². The highest BCUT2D eigenvalue weighted by molar-refractivity contribution is 9.10. The Bertz CT molecular complexity index is 1380. The minimum absolute atomic E-state index is 0.0792. The Kier molecular flexibility index (Phi) is 4.87. The van der Waals surface area contributed by atoms with Crippen molar-refractivity contribution in [3.8, 4) is 5.75 Å². The molecule has 5 nitrogen and oxygen atoms in total. The van der Waals surface area contributed by atoms with Crippen LogP contribution in [0.3, 0.4) is 0 Å². The van der Waals surface area contributed by atoms with Crippen LogP contribution in [0.1, 0.15) is 34.6 Å². The summed E-state index contributed by atoms with van der Waals surface area (Å²) in [5.41, 5.74) is 1.99. The summed E-state index contributed by atoms with van der Waals surface area (Å²) in [7, 11) is 0. The quantitative estimate of drug-likeness (QED) is 0.379. The number of rotatable bonds is 4. The molecule has 154 valence electrons. The number of hydrogen-bond acceptors (Lipinski definition) is 4. The molecule has 1 atom stereocenters. The zero-order valence-electron chi connectivity index (χ0n) is 16.7. The largest absolute Gasteiger partial charge is 0.494 e. The molecule has 5 rings (SSSR count). The van der Waals surface area contributed by atoms with E-state index in [0.717, 1.165) is 10.0 Å². The van der Waals surface area contributed by atoms with Gasteiger partial charge in [0.05, 0.1) is 23.6 Å². The fourth-order valence-corrected chi connectivity index (χ4v) is 4.46. The zero-order valence-corrected chi connectivity index (χ0v) is 18.3. The molecule has 1 amide bonds. The first-order chi connectivity index (χ1) is 15.1. The second kappa shape index (κ2) is 7.71. The average molecular weight is 476 g/mol. The molecular formula is C25H18BrNO4. The van der Waals surface area contributed by atoms with Crippen LogP contribution in [0.2, 0.25) is 0 Å². The molecule has 0 fully saturated rings. The third-order valence-electron chi connectivity index (χ3n) is 5.35. The van der Waals surface area contributed by atoms with E-state index in [2.05, 4.69) is 15.9 Å². The molecule has 31 heavy (non-hydrogen) atoms. The topological polar surface area (TPSA) is 59.8 Å². The molecule has 0 radical (unpaired) electrons. The van der Waals surface area contributed by atoms with Gasteiger partial charge in [0.25, 0.3) is 5.91 Å². The van der Waals surface area contributed by atoms with Crippen molar-refractivity contribution in [2.45, 2.75) is 13.0 Å². The fourth-order valence-electron chi connectivity index (χ4n) is 4.07. The highest BCUT2D eigenvalue weighted by Crippen LogP contribution is 2.42. The van der Waals surface area contributed by atoms with E-state index in [1.54, 1.807) is 29.2 Å². The van der Waals surface area contributed by atoms with Crippen molar-refractivity contribution in [2.24, 2.45) is 0 Å². The second-order valence-electron chi connectivity index (χ2n) is 7.23. The van der Waals surface area contributed by atoms with Crippen LogP contribution in [0, 0.1) is 0 Å². The number of anilines is 1. The predicted molar refractivity (Wildman–Crippen MR) is 123 cm³/mol. The number of nitrogens with zero attached hydrogens (tertiary/aromatic N) is 1. The van der Waals surface area contributed by atoms with E-state index in [9.17, 15) is 9.59 Å². The van der Waals surface area contributed by atoms with E-state index >= 15 is 0 Å².